The van der Waals surface area contributed by atoms with Crippen molar-refractivity contribution in [3.05, 3.63) is 30.0 Å². The van der Waals surface area contributed by atoms with Crippen molar-refractivity contribution < 1.29 is 18.8 Å². The summed E-state index contributed by atoms with van der Waals surface area (Å²) in [6.07, 6.45) is -0.113. The number of benzene rings is 1. The second-order valence-electron chi connectivity index (χ2n) is 4.64. The Balaban J connectivity index is 1.76. The molecular formula is C14H16N2O4. The molecule has 3 rings (SSSR count). The van der Waals surface area contributed by atoms with Crippen molar-refractivity contribution in [1.82, 2.24) is 10.5 Å². The van der Waals surface area contributed by atoms with Gasteiger partial charge in [0.05, 0.1) is 24.6 Å². The number of rotatable bonds is 4. The van der Waals surface area contributed by atoms with Crippen LogP contribution in [0.25, 0.3) is 10.9 Å². The largest absolute Gasteiger partial charge is 0.376 e. The molecule has 2 atom stereocenters. The van der Waals surface area contributed by atoms with E-state index in [0.29, 0.717) is 30.7 Å². The number of nitrogens with one attached hydrogen (secondary N) is 1. The second-order valence-corrected chi connectivity index (χ2v) is 4.64. The molecular weight excluding hydrogens is 260 g/mol. The van der Waals surface area contributed by atoms with Gasteiger partial charge in [-0.1, -0.05) is 17.3 Å². The van der Waals surface area contributed by atoms with Crippen molar-refractivity contribution in [2.45, 2.75) is 19.1 Å². The Kier molecular flexibility index (Phi) is 3.66. The molecule has 1 aliphatic heterocycles. The molecule has 1 aliphatic rings. The minimum Gasteiger partial charge on any atom is -0.376 e. The SMILES string of the molecule is CCO[C@H]1COC[C@@H]1NC(=O)c1onc2ccccc12. The van der Waals surface area contributed by atoms with E-state index in [9.17, 15) is 4.79 Å². The molecule has 1 saturated heterocycles. The van der Waals surface area contributed by atoms with Crippen molar-refractivity contribution in [2.24, 2.45) is 0 Å². The van der Waals surface area contributed by atoms with E-state index in [-0.39, 0.29) is 23.8 Å². The summed E-state index contributed by atoms with van der Waals surface area (Å²) in [6.45, 7) is 3.45. The van der Waals surface area contributed by atoms with Gasteiger partial charge in [-0.15, -0.1) is 0 Å². The third kappa shape index (κ3) is 2.39. The maximum atomic E-state index is 12.3. The van der Waals surface area contributed by atoms with Gasteiger partial charge in [-0.2, -0.15) is 0 Å². The lowest BCUT2D eigenvalue weighted by Gasteiger charge is -2.18. The molecule has 0 aliphatic carbocycles. The van der Waals surface area contributed by atoms with E-state index in [2.05, 4.69) is 10.5 Å². The number of amides is 1. The molecule has 2 heterocycles. The fourth-order valence-corrected chi connectivity index (χ4v) is 2.33. The maximum absolute atomic E-state index is 12.3. The van der Waals surface area contributed by atoms with E-state index >= 15 is 0 Å². The van der Waals surface area contributed by atoms with Crippen LogP contribution in [-0.4, -0.2) is 43.0 Å². The maximum Gasteiger partial charge on any atom is 0.290 e. The predicted molar refractivity (Wildman–Crippen MR) is 71.5 cm³/mol. The molecule has 6 nitrogen and oxygen atoms in total. The molecule has 0 radical (unpaired) electrons. The van der Waals surface area contributed by atoms with Crippen molar-refractivity contribution in [2.75, 3.05) is 19.8 Å². The molecule has 1 aromatic heterocycles. The molecule has 1 fully saturated rings. The van der Waals surface area contributed by atoms with Gasteiger partial charge in [-0.25, -0.2) is 0 Å². The van der Waals surface area contributed by atoms with E-state index in [1.54, 1.807) is 6.07 Å². The normalized spacial score (nSPS) is 22.2. The highest BCUT2D eigenvalue weighted by atomic mass is 16.5. The fraction of sp³-hybridized carbons (Fsp3) is 0.429. The van der Waals surface area contributed by atoms with Gasteiger partial charge in [0.1, 0.15) is 11.6 Å². The third-order valence-corrected chi connectivity index (χ3v) is 3.32. The highest BCUT2D eigenvalue weighted by Crippen LogP contribution is 2.18. The second kappa shape index (κ2) is 5.60. The average Bonchev–Trinajstić information content (AvgIpc) is 3.06. The molecule has 20 heavy (non-hydrogen) atoms. The van der Waals surface area contributed by atoms with Crippen LogP contribution in [0.4, 0.5) is 0 Å². The van der Waals surface area contributed by atoms with Gasteiger partial charge in [-0.3, -0.25) is 4.79 Å². The monoisotopic (exact) mass is 276 g/mol. The van der Waals surface area contributed by atoms with Crippen molar-refractivity contribution >= 4 is 16.8 Å². The molecule has 0 spiro atoms. The van der Waals surface area contributed by atoms with Crippen molar-refractivity contribution in [3.63, 3.8) is 0 Å². The Morgan fingerprint density at radius 2 is 2.30 bits per heavy atom. The van der Waals surface area contributed by atoms with Crippen LogP contribution in [0.15, 0.2) is 28.8 Å². The zero-order chi connectivity index (χ0) is 13.9. The van der Waals surface area contributed by atoms with Gasteiger partial charge in [-0.05, 0) is 19.1 Å². The van der Waals surface area contributed by atoms with Crippen LogP contribution in [0.2, 0.25) is 0 Å². The summed E-state index contributed by atoms with van der Waals surface area (Å²) in [5.41, 5.74) is 0.668. The standard InChI is InChI=1S/C14H16N2O4/c1-2-19-12-8-18-7-11(12)15-14(17)13-9-5-3-4-6-10(9)16-20-13/h3-6,11-12H,2,7-8H2,1H3,(H,15,17)/t11-,12-/m0/s1. The molecule has 1 N–H and O–H groups in total. The minimum atomic E-state index is -0.293. The van der Waals surface area contributed by atoms with Crippen molar-refractivity contribution in [1.29, 1.82) is 0 Å². The van der Waals surface area contributed by atoms with Crippen LogP contribution in [0.3, 0.4) is 0 Å². The van der Waals surface area contributed by atoms with Gasteiger partial charge >= 0.3 is 0 Å². The van der Waals surface area contributed by atoms with Crippen LogP contribution in [0.1, 0.15) is 17.5 Å². The number of ether oxygens (including phenoxy) is 2. The fourth-order valence-electron chi connectivity index (χ4n) is 2.33. The Hall–Kier alpha value is -1.92. The van der Waals surface area contributed by atoms with Crippen LogP contribution >= 0.6 is 0 Å². The smallest absolute Gasteiger partial charge is 0.290 e. The first-order valence-corrected chi connectivity index (χ1v) is 6.64. The number of fused-ring (bicyclic) bond motifs is 1. The summed E-state index contributed by atoms with van der Waals surface area (Å²) in [4.78, 5) is 12.3. The van der Waals surface area contributed by atoms with E-state index in [1.807, 2.05) is 25.1 Å². The zero-order valence-electron chi connectivity index (χ0n) is 11.2. The minimum absolute atomic E-state index is 0.113. The molecule has 2 aromatic rings. The van der Waals surface area contributed by atoms with Gasteiger partial charge in [0, 0.05) is 6.61 Å². The van der Waals surface area contributed by atoms with Gasteiger partial charge < -0.3 is 19.3 Å². The summed E-state index contributed by atoms with van der Waals surface area (Å²) < 4.78 is 16.0. The molecule has 0 unspecified atom stereocenters. The molecule has 106 valence electrons. The number of hydrogen-bond donors (Lipinski definition) is 1. The molecule has 0 saturated carbocycles. The van der Waals surface area contributed by atoms with Crippen LogP contribution in [-0.2, 0) is 9.47 Å². The molecule has 0 bridgehead atoms. The topological polar surface area (TPSA) is 73.6 Å². The van der Waals surface area contributed by atoms with Crippen LogP contribution < -0.4 is 5.32 Å². The number of carbonyl (C=O) groups excluding carboxylic acids is 1. The highest BCUT2D eigenvalue weighted by Gasteiger charge is 2.31. The van der Waals surface area contributed by atoms with E-state index in [0.717, 1.165) is 0 Å². The van der Waals surface area contributed by atoms with E-state index < -0.39 is 0 Å². The average molecular weight is 276 g/mol. The molecule has 1 aromatic carbocycles. The van der Waals surface area contributed by atoms with Gasteiger partial charge in [0.2, 0.25) is 5.76 Å². The Morgan fingerprint density at radius 1 is 1.45 bits per heavy atom. The first kappa shape index (κ1) is 13.1. The number of nitrogens with zero attached hydrogens (tertiary/aromatic N) is 1. The first-order chi connectivity index (χ1) is 9.79. The summed E-state index contributed by atoms with van der Waals surface area (Å²) in [5, 5.41) is 7.46. The van der Waals surface area contributed by atoms with Crippen molar-refractivity contribution in [3.8, 4) is 0 Å². The summed E-state index contributed by atoms with van der Waals surface area (Å²) >= 11 is 0. The first-order valence-electron chi connectivity index (χ1n) is 6.64. The quantitative estimate of drug-likeness (QED) is 0.912. The van der Waals surface area contributed by atoms with Crippen LogP contribution in [0.5, 0.6) is 0 Å². The Bertz CT molecular complexity index is 610. The predicted octanol–water partition coefficient (Wildman–Crippen LogP) is 1.36. The summed E-state index contributed by atoms with van der Waals surface area (Å²) in [7, 11) is 0. The van der Waals surface area contributed by atoms with E-state index in [1.165, 1.54) is 0 Å². The lowest BCUT2D eigenvalue weighted by molar-refractivity contribution is 0.0399. The molecule has 1 amide bonds. The summed E-state index contributed by atoms with van der Waals surface area (Å²) in [5.74, 6) is -0.0679. The third-order valence-electron chi connectivity index (χ3n) is 3.32. The van der Waals surface area contributed by atoms with E-state index in [4.69, 9.17) is 14.0 Å². The lowest BCUT2D eigenvalue weighted by Crippen LogP contribution is -2.43. The molecule has 6 heteroatoms. The zero-order valence-corrected chi connectivity index (χ0v) is 11.2. The number of carbonyl (C=O) groups is 1. The Morgan fingerprint density at radius 3 is 3.15 bits per heavy atom. The van der Waals surface area contributed by atoms with Gasteiger partial charge in [0.15, 0.2) is 0 Å². The summed E-state index contributed by atoms with van der Waals surface area (Å²) in [6, 6.07) is 7.15. The lowest BCUT2D eigenvalue weighted by atomic mass is 10.2. The highest BCUT2D eigenvalue weighted by molar-refractivity contribution is 6.03. The number of aromatic nitrogens is 1. The van der Waals surface area contributed by atoms with Gasteiger partial charge in [0.25, 0.3) is 5.91 Å². The van der Waals surface area contributed by atoms with Crippen LogP contribution in [0, 0.1) is 0 Å². The Labute approximate surface area is 116 Å². The number of hydrogen-bond acceptors (Lipinski definition) is 5.